The molecule has 0 spiro atoms. The lowest BCUT2D eigenvalue weighted by Gasteiger charge is -2.09. The minimum atomic E-state index is -0.374. The Hall–Kier alpha value is -2.94. The van der Waals surface area contributed by atoms with E-state index in [1.807, 2.05) is 42.5 Å². The molecule has 0 bridgehead atoms. The van der Waals surface area contributed by atoms with Gasteiger partial charge in [-0.25, -0.2) is 4.98 Å². The molecule has 0 atom stereocenters. The van der Waals surface area contributed by atoms with Crippen LogP contribution in [0.15, 0.2) is 54.6 Å². The number of carbonyl (C=O) groups is 1. The Kier molecular flexibility index (Phi) is 3.19. The quantitative estimate of drug-likeness (QED) is 0.782. The Morgan fingerprint density at radius 1 is 1.00 bits per heavy atom. The molecule has 0 saturated carbocycles. The third-order valence-corrected chi connectivity index (χ3v) is 4.33. The van der Waals surface area contributed by atoms with Crippen molar-refractivity contribution < 1.29 is 4.79 Å². The van der Waals surface area contributed by atoms with Crippen molar-refractivity contribution >= 4 is 28.5 Å². The van der Waals surface area contributed by atoms with Gasteiger partial charge in [-0.05, 0) is 41.7 Å². The van der Waals surface area contributed by atoms with E-state index in [0.29, 0.717) is 5.56 Å². The zero-order valence-corrected chi connectivity index (χ0v) is 12.6. The van der Waals surface area contributed by atoms with Crippen LogP contribution in [0.3, 0.4) is 0 Å². The molecule has 1 amide bonds. The van der Waals surface area contributed by atoms with E-state index < -0.39 is 0 Å². The van der Waals surface area contributed by atoms with Gasteiger partial charge in [-0.2, -0.15) is 0 Å². The Morgan fingerprint density at radius 3 is 2.52 bits per heavy atom. The van der Waals surface area contributed by atoms with Gasteiger partial charge < -0.3 is 5.73 Å². The van der Waals surface area contributed by atoms with Crippen molar-refractivity contribution in [2.75, 3.05) is 0 Å². The van der Waals surface area contributed by atoms with Gasteiger partial charge in [-0.3, -0.25) is 4.79 Å². The van der Waals surface area contributed by atoms with Gasteiger partial charge in [0.15, 0.2) is 0 Å². The zero-order valence-electron chi connectivity index (χ0n) is 12.6. The maximum Gasteiger partial charge on any atom is 0.249 e. The fourth-order valence-corrected chi connectivity index (χ4v) is 3.31. The molecule has 0 radical (unpaired) electrons. The lowest BCUT2D eigenvalue weighted by molar-refractivity contribution is 0.100. The fourth-order valence-electron chi connectivity index (χ4n) is 3.31. The highest BCUT2D eigenvalue weighted by Gasteiger charge is 2.25. The predicted molar refractivity (Wildman–Crippen MR) is 92.9 cm³/mol. The second-order valence-corrected chi connectivity index (χ2v) is 5.78. The van der Waals surface area contributed by atoms with Gasteiger partial charge in [-0.1, -0.05) is 48.5 Å². The van der Waals surface area contributed by atoms with Crippen LogP contribution in [0, 0.1) is 0 Å². The van der Waals surface area contributed by atoms with Gasteiger partial charge in [-0.15, -0.1) is 0 Å². The molecule has 0 unspecified atom stereocenters. The van der Waals surface area contributed by atoms with E-state index in [4.69, 9.17) is 10.7 Å². The highest BCUT2D eigenvalue weighted by molar-refractivity contribution is 6.08. The van der Waals surface area contributed by atoms with Crippen molar-refractivity contribution in [2.24, 2.45) is 5.73 Å². The van der Waals surface area contributed by atoms with E-state index in [9.17, 15) is 4.79 Å². The minimum absolute atomic E-state index is 0.374. The number of allylic oxidation sites excluding steroid dienone is 1. The van der Waals surface area contributed by atoms with Crippen molar-refractivity contribution in [3.63, 3.8) is 0 Å². The number of nitrogens with zero attached hydrogens (tertiary/aromatic N) is 1. The number of hydrogen-bond acceptors (Lipinski definition) is 2. The maximum atomic E-state index is 12.0. The highest BCUT2D eigenvalue weighted by atomic mass is 16.1. The summed E-state index contributed by atoms with van der Waals surface area (Å²) < 4.78 is 0. The number of amides is 1. The summed E-state index contributed by atoms with van der Waals surface area (Å²) in [6.45, 7) is 0. The molecule has 4 rings (SSSR count). The number of primary amides is 1. The molecule has 112 valence electrons. The molecule has 0 fully saturated rings. The molecular formula is C20H16N2O. The Balaban J connectivity index is 1.96. The summed E-state index contributed by atoms with van der Waals surface area (Å²) >= 11 is 0. The molecule has 1 aliphatic rings. The van der Waals surface area contributed by atoms with E-state index in [1.54, 1.807) is 0 Å². The van der Waals surface area contributed by atoms with Crippen LogP contribution in [0.2, 0.25) is 0 Å². The van der Waals surface area contributed by atoms with Crippen molar-refractivity contribution in [3.8, 4) is 0 Å². The average molecular weight is 300 g/mol. The summed E-state index contributed by atoms with van der Waals surface area (Å²) in [6.07, 6.45) is 3.84. The fraction of sp³-hybridized carbons (Fsp3) is 0.100. The molecule has 1 aliphatic carbocycles. The SMILES string of the molecule is NC(=O)c1c2c(nc3ccccc13)/C(=C/c1ccccc1)CC2. The molecule has 2 N–H and O–H groups in total. The topological polar surface area (TPSA) is 56.0 Å². The molecule has 3 nitrogen and oxygen atoms in total. The van der Waals surface area contributed by atoms with Crippen LogP contribution < -0.4 is 5.73 Å². The standard InChI is InChI=1S/C20H16N2O/c21-20(23)18-15-8-4-5-9-17(15)22-19-14(10-11-16(18)19)12-13-6-2-1-3-7-13/h1-9,12H,10-11H2,(H2,21,23)/b14-12+. The van der Waals surface area contributed by atoms with Crippen molar-refractivity contribution in [3.05, 3.63) is 77.0 Å². The molecule has 1 heterocycles. The van der Waals surface area contributed by atoms with Crippen LogP contribution in [-0.4, -0.2) is 10.9 Å². The third-order valence-electron chi connectivity index (χ3n) is 4.33. The monoisotopic (exact) mass is 300 g/mol. The largest absolute Gasteiger partial charge is 0.366 e. The third kappa shape index (κ3) is 2.30. The molecule has 2 aromatic carbocycles. The number of pyridine rings is 1. The molecule has 1 aromatic heterocycles. The maximum absolute atomic E-state index is 12.0. The van der Waals surface area contributed by atoms with Crippen molar-refractivity contribution in [2.45, 2.75) is 12.8 Å². The number of nitrogens with two attached hydrogens (primary N) is 1. The first kappa shape index (κ1) is 13.7. The first-order valence-electron chi connectivity index (χ1n) is 7.71. The summed E-state index contributed by atoms with van der Waals surface area (Å²) in [5.74, 6) is -0.374. The van der Waals surface area contributed by atoms with E-state index in [2.05, 4.69) is 18.2 Å². The van der Waals surface area contributed by atoms with Crippen LogP contribution in [0.4, 0.5) is 0 Å². The zero-order chi connectivity index (χ0) is 15.8. The summed E-state index contributed by atoms with van der Waals surface area (Å²) in [7, 11) is 0. The highest BCUT2D eigenvalue weighted by Crippen LogP contribution is 2.37. The van der Waals surface area contributed by atoms with E-state index in [-0.39, 0.29) is 5.91 Å². The molecule has 3 aromatic rings. The number of aromatic nitrogens is 1. The van der Waals surface area contributed by atoms with Gasteiger partial charge in [0.1, 0.15) is 0 Å². The molecule has 0 saturated heterocycles. The summed E-state index contributed by atoms with van der Waals surface area (Å²) in [6, 6.07) is 17.9. The second-order valence-electron chi connectivity index (χ2n) is 5.78. The van der Waals surface area contributed by atoms with Crippen molar-refractivity contribution in [1.82, 2.24) is 4.98 Å². The molecule has 0 aliphatic heterocycles. The lowest BCUT2D eigenvalue weighted by atomic mass is 10.0. The number of fused-ring (bicyclic) bond motifs is 2. The number of para-hydroxylation sites is 1. The van der Waals surface area contributed by atoms with Gasteiger partial charge in [0, 0.05) is 5.39 Å². The Bertz CT molecular complexity index is 943. The van der Waals surface area contributed by atoms with Crippen LogP contribution in [0.1, 0.15) is 33.6 Å². The Labute approximate surface area is 134 Å². The van der Waals surface area contributed by atoms with E-state index >= 15 is 0 Å². The lowest BCUT2D eigenvalue weighted by Crippen LogP contribution is -2.15. The first-order valence-corrected chi connectivity index (χ1v) is 7.71. The van der Waals surface area contributed by atoms with Crippen LogP contribution in [0.5, 0.6) is 0 Å². The summed E-state index contributed by atoms with van der Waals surface area (Å²) in [4.78, 5) is 16.8. The van der Waals surface area contributed by atoms with Gasteiger partial charge in [0.25, 0.3) is 0 Å². The smallest absolute Gasteiger partial charge is 0.249 e. The van der Waals surface area contributed by atoms with Crippen LogP contribution >= 0.6 is 0 Å². The molecule has 23 heavy (non-hydrogen) atoms. The van der Waals surface area contributed by atoms with Crippen molar-refractivity contribution in [1.29, 1.82) is 0 Å². The first-order chi connectivity index (χ1) is 11.2. The van der Waals surface area contributed by atoms with Gasteiger partial charge in [0.2, 0.25) is 5.91 Å². The van der Waals surface area contributed by atoms with Gasteiger partial charge >= 0.3 is 0 Å². The second kappa shape index (κ2) is 5.36. The number of rotatable bonds is 2. The normalized spacial score (nSPS) is 15.0. The van der Waals surface area contributed by atoms with Crippen LogP contribution in [0.25, 0.3) is 22.6 Å². The number of benzene rings is 2. The van der Waals surface area contributed by atoms with E-state index in [1.165, 1.54) is 5.57 Å². The summed E-state index contributed by atoms with van der Waals surface area (Å²) in [5.41, 5.74) is 11.3. The van der Waals surface area contributed by atoms with Gasteiger partial charge in [0.05, 0.1) is 16.8 Å². The van der Waals surface area contributed by atoms with E-state index in [0.717, 1.165) is 40.6 Å². The predicted octanol–water partition coefficient (Wildman–Crippen LogP) is 3.82. The Morgan fingerprint density at radius 2 is 1.74 bits per heavy atom. The molecule has 3 heteroatoms. The van der Waals surface area contributed by atoms with Crippen LogP contribution in [-0.2, 0) is 6.42 Å². The number of hydrogen-bond donors (Lipinski definition) is 1. The summed E-state index contributed by atoms with van der Waals surface area (Å²) in [5, 5.41) is 0.847. The molecular weight excluding hydrogens is 284 g/mol. The minimum Gasteiger partial charge on any atom is -0.366 e. The number of carbonyl (C=O) groups excluding carboxylic acids is 1. The average Bonchev–Trinajstić information content (AvgIpc) is 2.95.